The van der Waals surface area contributed by atoms with Gasteiger partial charge in [0.15, 0.2) is 0 Å². The molecule has 26 heavy (non-hydrogen) atoms. The molecule has 0 aliphatic carbocycles. The van der Waals surface area contributed by atoms with Crippen LogP contribution in [-0.2, 0) is 11.5 Å². The number of aryl methyl sites for hydroxylation is 2. The van der Waals surface area contributed by atoms with E-state index >= 15 is 0 Å². The maximum absolute atomic E-state index is 4.80. The predicted molar refractivity (Wildman–Crippen MR) is 111 cm³/mol. The van der Waals surface area contributed by atoms with E-state index in [1.165, 1.54) is 22.3 Å². The molecule has 0 saturated carbocycles. The van der Waals surface area contributed by atoms with Gasteiger partial charge in [-0.15, -0.1) is 0 Å². The third-order valence-corrected chi connectivity index (χ3v) is 5.80. The molecule has 1 aliphatic heterocycles. The summed E-state index contributed by atoms with van der Waals surface area (Å²) in [6.07, 6.45) is 0. The van der Waals surface area contributed by atoms with E-state index in [0.717, 1.165) is 34.4 Å². The van der Waals surface area contributed by atoms with Crippen LogP contribution >= 0.6 is 11.8 Å². The van der Waals surface area contributed by atoms with E-state index in [4.69, 9.17) is 9.97 Å². The number of rotatable bonds is 4. The minimum absolute atomic E-state index is 0.647. The molecule has 2 N–H and O–H groups in total. The fourth-order valence-electron chi connectivity index (χ4n) is 3.06. The second kappa shape index (κ2) is 7.00. The molecule has 0 radical (unpaired) electrons. The third-order valence-electron chi connectivity index (χ3n) is 4.83. The molecular formula is C21H22N4S. The number of nitrogens with one attached hydrogen (secondary N) is 2. The highest BCUT2D eigenvalue weighted by Crippen LogP contribution is 2.36. The van der Waals surface area contributed by atoms with Crippen molar-refractivity contribution in [3.63, 3.8) is 0 Å². The Morgan fingerprint density at radius 3 is 2.42 bits per heavy atom. The molecule has 1 aromatic heterocycles. The maximum atomic E-state index is 4.80. The molecule has 2 aromatic carbocycles. The highest BCUT2D eigenvalue weighted by atomic mass is 32.2. The Hall–Kier alpha value is -2.53. The van der Waals surface area contributed by atoms with Crippen LogP contribution < -0.4 is 10.6 Å². The number of hydrogen-bond acceptors (Lipinski definition) is 5. The van der Waals surface area contributed by atoms with Gasteiger partial charge in [-0.2, -0.15) is 16.7 Å². The van der Waals surface area contributed by atoms with Crippen molar-refractivity contribution in [2.45, 2.75) is 32.3 Å². The van der Waals surface area contributed by atoms with Gasteiger partial charge < -0.3 is 10.6 Å². The van der Waals surface area contributed by atoms with Crippen LogP contribution in [0.25, 0.3) is 0 Å². The summed E-state index contributed by atoms with van der Waals surface area (Å²) in [5.41, 5.74) is 8.17. The zero-order valence-electron chi connectivity index (χ0n) is 15.3. The first-order valence-electron chi connectivity index (χ1n) is 8.75. The molecule has 0 bridgehead atoms. The second-order valence-electron chi connectivity index (χ2n) is 6.63. The SMILES string of the molecule is Cc1ccccc1Nc1nc2c(c(Nc3cccc(C)c3C)n1)CSC2. The summed E-state index contributed by atoms with van der Waals surface area (Å²) in [5.74, 6) is 3.44. The molecule has 0 spiro atoms. The lowest BCUT2D eigenvalue weighted by atomic mass is 10.1. The van der Waals surface area contributed by atoms with E-state index in [0.29, 0.717) is 5.95 Å². The minimum atomic E-state index is 0.647. The predicted octanol–water partition coefficient (Wildman–Crippen LogP) is 5.64. The van der Waals surface area contributed by atoms with E-state index < -0.39 is 0 Å². The largest absolute Gasteiger partial charge is 0.340 e. The number of fused-ring (bicyclic) bond motifs is 1. The monoisotopic (exact) mass is 362 g/mol. The van der Waals surface area contributed by atoms with Crippen LogP contribution in [0.2, 0.25) is 0 Å². The van der Waals surface area contributed by atoms with E-state index in [1.54, 1.807) is 0 Å². The van der Waals surface area contributed by atoms with E-state index in [2.05, 4.69) is 61.7 Å². The average Bonchev–Trinajstić information content (AvgIpc) is 3.10. The number of thioether (sulfide) groups is 1. The first-order valence-corrected chi connectivity index (χ1v) is 9.90. The number of hydrogen-bond donors (Lipinski definition) is 2. The van der Waals surface area contributed by atoms with Crippen LogP contribution in [0.15, 0.2) is 42.5 Å². The quantitative estimate of drug-likeness (QED) is 0.629. The van der Waals surface area contributed by atoms with Gasteiger partial charge in [-0.25, -0.2) is 4.98 Å². The standard InChI is InChI=1S/C21H22N4S/c1-13-8-6-10-18(15(13)3)22-20-16-11-26-12-19(16)24-21(25-20)23-17-9-5-4-7-14(17)2/h4-10H,11-12H2,1-3H3,(H2,22,23,24,25). The van der Waals surface area contributed by atoms with Gasteiger partial charge in [0.1, 0.15) is 5.82 Å². The lowest BCUT2D eigenvalue weighted by Gasteiger charge is -2.15. The molecular weight excluding hydrogens is 340 g/mol. The summed E-state index contributed by atoms with van der Waals surface area (Å²) in [7, 11) is 0. The van der Waals surface area contributed by atoms with E-state index in [9.17, 15) is 0 Å². The Morgan fingerprint density at radius 2 is 1.58 bits per heavy atom. The summed E-state index contributed by atoms with van der Waals surface area (Å²) in [5, 5.41) is 6.93. The zero-order chi connectivity index (χ0) is 18.1. The molecule has 3 aromatic rings. The number of benzene rings is 2. The van der Waals surface area contributed by atoms with Gasteiger partial charge in [-0.1, -0.05) is 30.3 Å². The molecule has 4 nitrogen and oxygen atoms in total. The number of anilines is 4. The fourth-order valence-corrected chi connectivity index (χ4v) is 4.10. The molecule has 4 rings (SSSR count). The maximum Gasteiger partial charge on any atom is 0.229 e. The van der Waals surface area contributed by atoms with Crippen LogP contribution in [0.4, 0.5) is 23.1 Å². The lowest BCUT2D eigenvalue weighted by Crippen LogP contribution is -2.07. The highest BCUT2D eigenvalue weighted by Gasteiger charge is 2.20. The molecule has 5 heteroatoms. The van der Waals surface area contributed by atoms with Crippen molar-refractivity contribution in [3.05, 3.63) is 70.4 Å². The molecule has 2 heterocycles. The Kier molecular flexibility index (Phi) is 4.55. The Balaban J connectivity index is 1.71. The summed E-state index contributed by atoms with van der Waals surface area (Å²) < 4.78 is 0. The molecule has 0 atom stereocenters. The first kappa shape index (κ1) is 16.9. The van der Waals surface area contributed by atoms with Crippen molar-refractivity contribution in [2.75, 3.05) is 10.6 Å². The summed E-state index contributed by atoms with van der Waals surface area (Å²) in [6, 6.07) is 14.5. The van der Waals surface area contributed by atoms with Gasteiger partial charge in [0, 0.05) is 28.4 Å². The third kappa shape index (κ3) is 3.27. The highest BCUT2D eigenvalue weighted by molar-refractivity contribution is 7.98. The summed E-state index contributed by atoms with van der Waals surface area (Å²) in [4.78, 5) is 9.55. The van der Waals surface area contributed by atoms with Crippen molar-refractivity contribution in [3.8, 4) is 0 Å². The Bertz CT molecular complexity index is 968. The zero-order valence-corrected chi connectivity index (χ0v) is 16.1. The summed E-state index contributed by atoms with van der Waals surface area (Å²) >= 11 is 1.88. The fraction of sp³-hybridized carbons (Fsp3) is 0.238. The Morgan fingerprint density at radius 1 is 0.808 bits per heavy atom. The smallest absolute Gasteiger partial charge is 0.229 e. The molecule has 132 valence electrons. The lowest BCUT2D eigenvalue weighted by molar-refractivity contribution is 1.07. The van der Waals surface area contributed by atoms with Gasteiger partial charge in [-0.3, -0.25) is 0 Å². The van der Waals surface area contributed by atoms with Gasteiger partial charge >= 0.3 is 0 Å². The average molecular weight is 363 g/mol. The van der Waals surface area contributed by atoms with Crippen LogP contribution in [0.3, 0.4) is 0 Å². The van der Waals surface area contributed by atoms with Gasteiger partial charge in [0.2, 0.25) is 5.95 Å². The molecule has 1 aliphatic rings. The molecule has 0 saturated heterocycles. The van der Waals surface area contributed by atoms with Gasteiger partial charge in [0.05, 0.1) is 5.69 Å². The van der Waals surface area contributed by atoms with E-state index in [-0.39, 0.29) is 0 Å². The minimum Gasteiger partial charge on any atom is -0.340 e. The second-order valence-corrected chi connectivity index (χ2v) is 7.61. The first-order chi connectivity index (χ1) is 12.6. The van der Waals surface area contributed by atoms with Crippen LogP contribution in [0, 0.1) is 20.8 Å². The van der Waals surface area contributed by atoms with Crippen LogP contribution in [0.5, 0.6) is 0 Å². The number of nitrogens with zero attached hydrogens (tertiary/aromatic N) is 2. The van der Waals surface area contributed by atoms with Crippen molar-refractivity contribution in [1.82, 2.24) is 9.97 Å². The van der Waals surface area contributed by atoms with Gasteiger partial charge in [-0.05, 0) is 49.6 Å². The summed E-state index contributed by atoms with van der Waals surface area (Å²) in [6.45, 7) is 6.35. The number of para-hydroxylation sites is 1. The molecule has 0 amide bonds. The van der Waals surface area contributed by atoms with Crippen molar-refractivity contribution in [2.24, 2.45) is 0 Å². The van der Waals surface area contributed by atoms with E-state index in [1.807, 2.05) is 23.9 Å². The normalized spacial score (nSPS) is 12.7. The molecule has 0 fully saturated rings. The van der Waals surface area contributed by atoms with Gasteiger partial charge in [0.25, 0.3) is 0 Å². The van der Waals surface area contributed by atoms with Crippen LogP contribution in [0.1, 0.15) is 27.9 Å². The van der Waals surface area contributed by atoms with Crippen molar-refractivity contribution < 1.29 is 0 Å². The Labute approximate surface area is 158 Å². The topological polar surface area (TPSA) is 49.8 Å². The molecule has 0 unspecified atom stereocenters. The van der Waals surface area contributed by atoms with Crippen molar-refractivity contribution in [1.29, 1.82) is 0 Å². The number of aromatic nitrogens is 2. The van der Waals surface area contributed by atoms with Crippen LogP contribution in [-0.4, -0.2) is 9.97 Å². The van der Waals surface area contributed by atoms with Crippen molar-refractivity contribution >= 4 is 34.9 Å².